The van der Waals surface area contributed by atoms with Gasteiger partial charge in [-0.05, 0) is 28.9 Å². The molecule has 0 radical (unpaired) electrons. The molecule has 1 heterocycles. The molecule has 0 aliphatic carbocycles. The van der Waals surface area contributed by atoms with Crippen molar-refractivity contribution in [2.75, 3.05) is 0 Å². The Morgan fingerprint density at radius 1 is 1.67 bits per heavy atom. The molecule has 0 fully saturated rings. The van der Waals surface area contributed by atoms with Crippen LogP contribution in [0.25, 0.3) is 0 Å². The highest BCUT2D eigenvalue weighted by Gasteiger charge is 2.35. The summed E-state index contributed by atoms with van der Waals surface area (Å²) in [7, 11) is 0. The lowest BCUT2D eigenvalue weighted by Crippen LogP contribution is -2.40. The minimum Gasteiger partial charge on any atom is -0.466 e. The summed E-state index contributed by atoms with van der Waals surface area (Å²) in [5.41, 5.74) is 3.61. The molecule has 2 nitrogen and oxygen atoms in total. The third-order valence-electron chi connectivity index (χ3n) is 1.55. The Morgan fingerprint density at radius 2 is 2.25 bits per heavy atom. The van der Waals surface area contributed by atoms with Crippen molar-refractivity contribution in [3.05, 3.63) is 22.6 Å². The molecular formula is C7H8BrF2NO. The molecule has 1 unspecified atom stereocenters. The zero-order valence-electron chi connectivity index (χ0n) is 6.35. The first-order valence-electron chi connectivity index (χ1n) is 3.26. The summed E-state index contributed by atoms with van der Waals surface area (Å²) < 4.78 is 30.1. The van der Waals surface area contributed by atoms with E-state index in [0.717, 1.165) is 0 Å². The lowest BCUT2D eigenvalue weighted by molar-refractivity contribution is 0.0501. The van der Waals surface area contributed by atoms with E-state index in [1.54, 1.807) is 0 Å². The molecule has 1 rings (SSSR count). The maximum absolute atomic E-state index is 12.3. The van der Waals surface area contributed by atoms with E-state index in [-0.39, 0.29) is 5.76 Å². The summed E-state index contributed by atoms with van der Waals surface area (Å²) in [6.45, 7) is 1.23. The molecule has 0 bridgehead atoms. The Morgan fingerprint density at radius 3 is 2.58 bits per heavy atom. The van der Waals surface area contributed by atoms with Gasteiger partial charge in [0.2, 0.25) is 0 Å². The molecule has 0 aliphatic rings. The van der Waals surface area contributed by atoms with Gasteiger partial charge in [-0.1, -0.05) is 0 Å². The molecule has 5 heteroatoms. The largest absolute Gasteiger partial charge is 0.466 e. The minimum absolute atomic E-state index is 0.0735. The molecule has 2 N–H and O–H groups in total. The third-order valence-corrected chi connectivity index (χ3v) is 1.97. The second-order valence-electron chi connectivity index (χ2n) is 2.71. The van der Waals surface area contributed by atoms with Gasteiger partial charge in [0.15, 0.2) is 0 Å². The number of hydrogen-bond donors (Lipinski definition) is 1. The topological polar surface area (TPSA) is 39.2 Å². The number of nitrogens with two attached hydrogens (primary N) is 1. The van der Waals surface area contributed by atoms with Gasteiger partial charge in [-0.15, -0.1) is 0 Å². The van der Waals surface area contributed by atoms with Crippen molar-refractivity contribution >= 4 is 15.9 Å². The molecule has 0 amide bonds. The summed E-state index contributed by atoms with van der Waals surface area (Å²) in [6, 6.07) is 1.44. The molecule has 0 saturated heterocycles. The summed E-state index contributed by atoms with van der Waals surface area (Å²) in [5, 5.41) is 0. The first-order valence-corrected chi connectivity index (χ1v) is 4.05. The lowest BCUT2D eigenvalue weighted by atomic mass is 10.0. The molecule has 0 aromatic carbocycles. The highest BCUT2D eigenvalue weighted by molar-refractivity contribution is 9.10. The summed E-state index contributed by atoms with van der Waals surface area (Å²) in [4.78, 5) is 0. The average molecular weight is 240 g/mol. The Balaban J connectivity index is 2.97. The van der Waals surface area contributed by atoms with Crippen molar-refractivity contribution in [3.63, 3.8) is 0 Å². The molecule has 0 aliphatic heterocycles. The van der Waals surface area contributed by atoms with E-state index in [1.165, 1.54) is 19.3 Å². The zero-order valence-corrected chi connectivity index (χ0v) is 7.94. The smallest absolute Gasteiger partial charge is 0.263 e. The number of furan rings is 1. The molecule has 0 saturated carbocycles. The van der Waals surface area contributed by atoms with E-state index in [1.807, 2.05) is 0 Å². The number of hydrogen-bond acceptors (Lipinski definition) is 2. The van der Waals surface area contributed by atoms with Gasteiger partial charge in [0.1, 0.15) is 17.6 Å². The fourth-order valence-electron chi connectivity index (χ4n) is 0.703. The highest BCUT2D eigenvalue weighted by Crippen LogP contribution is 2.28. The average Bonchev–Trinajstić information content (AvgIpc) is 2.35. The lowest BCUT2D eigenvalue weighted by Gasteiger charge is -2.20. The number of alkyl halides is 2. The first kappa shape index (κ1) is 9.67. The van der Waals surface area contributed by atoms with E-state index in [4.69, 9.17) is 10.2 Å². The molecule has 0 spiro atoms. The Kier molecular flexibility index (Phi) is 2.53. The van der Waals surface area contributed by atoms with Gasteiger partial charge < -0.3 is 10.2 Å². The van der Waals surface area contributed by atoms with Crippen LogP contribution in [0.4, 0.5) is 8.78 Å². The maximum Gasteiger partial charge on any atom is 0.263 e. The third kappa shape index (κ3) is 1.67. The standard InChI is InChI=1S/C7H8BrF2NO/c1-7(11,6(9)10)5-2-4(8)3-12-5/h2-3,6H,11H2,1H3. The Hall–Kier alpha value is -0.420. The van der Waals surface area contributed by atoms with Gasteiger partial charge in [0.25, 0.3) is 6.43 Å². The zero-order chi connectivity index (χ0) is 9.35. The van der Waals surface area contributed by atoms with Gasteiger partial charge in [-0.25, -0.2) is 8.78 Å². The van der Waals surface area contributed by atoms with Crippen LogP contribution in [0.3, 0.4) is 0 Å². The van der Waals surface area contributed by atoms with Crippen molar-refractivity contribution in [2.45, 2.75) is 18.9 Å². The summed E-state index contributed by atoms with van der Waals surface area (Å²) in [6.07, 6.45) is -1.32. The Labute approximate surface area is 76.9 Å². The van der Waals surface area contributed by atoms with Gasteiger partial charge in [-0.3, -0.25) is 0 Å². The van der Waals surface area contributed by atoms with E-state index in [0.29, 0.717) is 4.47 Å². The van der Waals surface area contributed by atoms with E-state index < -0.39 is 12.0 Å². The fourth-order valence-corrected chi connectivity index (χ4v) is 1.00. The van der Waals surface area contributed by atoms with Crippen molar-refractivity contribution in [2.24, 2.45) is 5.73 Å². The molecule has 1 atom stereocenters. The fraction of sp³-hybridized carbons (Fsp3) is 0.429. The van der Waals surface area contributed by atoms with Crippen LogP contribution in [0.2, 0.25) is 0 Å². The van der Waals surface area contributed by atoms with Crippen LogP contribution in [-0.2, 0) is 5.54 Å². The number of rotatable bonds is 2. The summed E-state index contributed by atoms with van der Waals surface area (Å²) >= 11 is 3.08. The predicted octanol–water partition coefficient (Wildman–Crippen LogP) is 2.48. The molecule has 1 aromatic rings. The van der Waals surface area contributed by atoms with Crippen LogP contribution in [0.1, 0.15) is 12.7 Å². The van der Waals surface area contributed by atoms with E-state index >= 15 is 0 Å². The Bertz CT molecular complexity index is 272. The quantitative estimate of drug-likeness (QED) is 0.862. The predicted molar refractivity (Wildman–Crippen MR) is 44.0 cm³/mol. The monoisotopic (exact) mass is 239 g/mol. The normalized spacial score (nSPS) is 16.5. The van der Waals surface area contributed by atoms with Crippen LogP contribution in [-0.4, -0.2) is 6.43 Å². The second-order valence-corrected chi connectivity index (χ2v) is 3.63. The van der Waals surface area contributed by atoms with E-state index in [9.17, 15) is 8.78 Å². The van der Waals surface area contributed by atoms with Crippen molar-refractivity contribution in [1.82, 2.24) is 0 Å². The molecule has 1 aromatic heterocycles. The van der Waals surface area contributed by atoms with Crippen LogP contribution >= 0.6 is 15.9 Å². The van der Waals surface area contributed by atoms with Gasteiger partial charge in [0.05, 0.1) is 4.47 Å². The maximum atomic E-state index is 12.3. The van der Waals surface area contributed by atoms with Crippen LogP contribution in [0, 0.1) is 0 Å². The first-order chi connectivity index (χ1) is 5.44. The van der Waals surface area contributed by atoms with Crippen molar-refractivity contribution < 1.29 is 13.2 Å². The van der Waals surface area contributed by atoms with Crippen molar-refractivity contribution in [3.8, 4) is 0 Å². The van der Waals surface area contributed by atoms with Gasteiger partial charge >= 0.3 is 0 Å². The number of halogens is 3. The molecular weight excluding hydrogens is 232 g/mol. The van der Waals surface area contributed by atoms with Crippen LogP contribution in [0.15, 0.2) is 21.2 Å². The molecule has 12 heavy (non-hydrogen) atoms. The van der Waals surface area contributed by atoms with Crippen molar-refractivity contribution in [1.29, 1.82) is 0 Å². The minimum atomic E-state index is -2.64. The molecule has 68 valence electrons. The van der Waals surface area contributed by atoms with Gasteiger partial charge in [0, 0.05) is 0 Å². The van der Waals surface area contributed by atoms with Gasteiger partial charge in [-0.2, -0.15) is 0 Å². The van der Waals surface area contributed by atoms with E-state index in [2.05, 4.69) is 15.9 Å². The van der Waals surface area contributed by atoms with Crippen LogP contribution in [0.5, 0.6) is 0 Å². The second kappa shape index (κ2) is 3.14. The highest BCUT2D eigenvalue weighted by atomic mass is 79.9. The summed E-state index contributed by atoms with van der Waals surface area (Å²) in [5.74, 6) is 0.0735. The SMILES string of the molecule is CC(N)(c1cc(Br)co1)C(F)F. The van der Waals surface area contributed by atoms with Crippen LogP contribution < -0.4 is 5.73 Å².